The average Bonchev–Trinajstić information content (AvgIpc) is 0.826. The smallest absolute Gasteiger partial charge is 0.387 e. The Kier molecular flexibility index (Phi) is 66.2. The molecule has 3 saturated heterocycles. The number of phosphoric acid groups is 3. The van der Waals surface area contributed by atoms with Crippen molar-refractivity contribution in [3.63, 3.8) is 0 Å². The van der Waals surface area contributed by atoms with Crippen molar-refractivity contribution in [2.45, 2.75) is 176 Å². The Morgan fingerprint density at radius 1 is 0.288 bits per heavy atom. The van der Waals surface area contributed by atoms with Gasteiger partial charge in [0, 0.05) is 64.8 Å². The quantitative estimate of drug-likeness (QED) is 0.0200. The molecule has 3 rings (SSSR count). The zero-order valence-electron chi connectivity index (χ0n) is 71.0. The highest BCUT2D eigenvalue weighted by Gasteiger charge is 2.48. The van der Waals surface area contributed by atoms with Crippen LogP contribution in [0.4, 0.5) is 0 Å². The Bertz CT molecular complexity index is 2610. The van der Waals surface area contributed by atoms with Gasteiger partial charge in [-0.3, -0.25) is 32.7 Å². The topological polar surface area (TPSA) is 678 Å². The lowest BCUT2D eigenvalue weighted by molar-refractivity contribution is -0.301. The number of carbonyl (C=O) groups excluding carboxylic acids is 4. The average molecular weight is 1890 g/mol. The third kappa shape index (κ3) is 58.9. The molecule has 0 aromatic rings. The van der Waals surface area contributed by atoms with Crippen molar-refractivity contribution in [2.75, 3.05) is 264 Å². The van der Waals surface area contributed by atoms with E-state index in [0.717, 1.165) is 12.8 Å². The van der Waals surface area contributed by atoms with Crippen LogP contribution in [0.5, 0.6) is 0 Å². The van der Waals surface area contributed by atoms with Crippen molar-refractivity contribution < 1.29 is 226 Å². The summed E-state index contributed by atoms with van der Waals surface area (Å²) in [5.41, 5.74) is -1.00. The zero-order valence-corrected chi connectivity index (χ0v) is 73.7. The van der Waals surface area contributed by atoms with Crippen LogP contribution in [0.3, 0.4) is 0 Å². The third-order valence-electron chi connectivity index (χ3n) is 18.5. The predicted octanol–water partition coefficient (Wildman–Crippen LogP) is -4.89. The third-order valence-corrected chi connectivity index (χ3v) is 20.0. The first-order valence-corrected chi connectivity index (χ1v) is 46.3. The summed E-state index contributed by atoms with van der Waals surface area (Å²) in [4.78, 5) is 109. The van der Waals surface area contributed by atoms with E-state index >= 15 is 0 Å². The summed E-state index contributed by atoms with van der Waals surface area (Å²) in [6, 6.07) is 0. The molecule has 52 heteroatoms. The number of aliphatic hydroxyl groups excluding tert-OH is 9. The van der Waals surface area contributed by atoms with Gasteiger partial charge in [0.15, 0.2) is 18.9 Å². The molecule has 0 saturated carbocycles. The highest BCUT2D eigenvalue weighted by Crippen LogP contribution is 2.42. The van der Waals surface area contributed by atoms with Gasteiger partial charge in [0.1, 0.15) is 84.8 Å². The normalized spacial score (nSPS) is 23.8. The number of nitrogens with one attached hydrogen (secondary N) is 2. The van der Waals surface area contributed by atoms with Gasteiger partial charge in [-0.15, -0.1) is 0 Å². The molecule has 3 aliphatic rings. The molecule has 738 valence electrons. The summed E-state index contributed by atoms with van der Waals surface area (Å²) < 4.78 is 167. The van der Waals surface area contributed by atoms with Crippen LogP contribution in [-0.4, -0.2) is 455 Å². The molecule has 3 heterocycles. The maximum atomic E-state index is 14.0. The van der Waals surface area contributed by atoms with Crippen LogP contribution in [0.1, 0.15) is 84.0 Å². The Balaban J connectivity index is 1.47. The Morgan fingerprint density at radius 2 is 0.536 bits per heavy atom. The van der Waals surface area contributed by atoms with Gasteiger partial charge >= 0.3 is 23.5 Å². The lowest BCUT2D eigenvalue weighted by Gasteiger charge is -2.40. The number of rotatable bonds is 84. The summed E-state index contributed by atoms with van der Waals surface area (Å²) in [5, 5.41) is 97.0. The van der Waals surface area contributed by atoms with E-state index in [-0.39, 0.29) is 292 Å². The first kappa shape index (κ1) is 117. The van der Waals surface area contributed by atoms with Gasteiger partial charge < -0.3 is 190 Å². The van der Waals surface area contributed by atoms with E-state index in [0.29, 0.717) is 39.5 Å². The van der Waals surface area contributed by atoms with E-state index in [4.69, 9.17) is 134 Å². The fourth-order valence-electron chi connectivity index (χ4n) is 11.7. The number of phosphoric ester groups is 3. The molecular formula is C73H139N2O47P3. The van der Waals surface area contributed by atoms with Crippen molar-refractivity contribution in [2.24, 2.45) is 5.41 Å². The highest BCUT2D eigenvalue weighted by atomic mass is 31.2. The van der Waals surface area contributed by atoms with E-state index in [1.165, 1.54) is 0 Å². The molecular weight excluding hydrogens is 1750 g/mol. The van der Waals surface area contributed by atoms with Crippen LogP contribution in [0.25, 0.3) is 0 Å². The number of carbonyl (C=O) groups is 4. The Morgan fingerprint density at radius 3 is 0.816 bits per heavy atom. The van der Waals surface area contributed by atoms with Gasteiger partial charge in [-0.25, -0.2) is 13.7 Å². The number of ketones is 2. The second-order valence-corrected chi connectivity index (χ2v) is 32.2. The van der Waals surface area contributed by atoms with Crippen molar-refractivity contribution >= 4 is 46.8 Å². The molecule has 17 N–H and O–H groups in total. The van der Waals surface area contributed by atoms with Crippen LogP contribution in [0, 0.1) is 5.41 Å². The van der Waals surface area contributed by atoms with Gasteiger partial charge in [-0.05, 0) is 37.5 Å². The lowest BCUT2D eigenvalue weighted by Crippen LogP contribution is -2.59. The summed E-state index contributed by atoms with van der Waals surface area (Å²) in [6.45, 7) is 6.50. The first-order valence-electron chi connectivity index (χ1n) is 41.7. The molecule has 0 radical (unpaired) electrons. The molecule has 0 spiro atoms. The predicted molar refractivity (Wildman–Crippen MR) is 425 cm³/mol. The van der Waals surface area contributed by atoms with E-state index in [2.05, 4.69) is 31.1 Å². The van der Waals surface area contributed by atoms with Crippen molar-refractivity contribution in [3.05, 3.63) is 0 Å². The standard InChI is InChI=1S/C73H139N2O47P3/c1-2-3-15-98-20-25-103-30-32-105-27-22-100-17-9-55(77)50-73(10-6-54(76)5-4-16-99-21-26-104-31-35-108-38-41-111-44-47-114-70-67(86)64(83)61(80)56(120-70)51-117-123(89,90)91,11-7-59(78)74-13-18-101-23-28-106-33-36-109-39-42-112-45-48-115-71-68(87)65(84)62(81)57(121-71)52-118-124(92,93)94)12-8-60(79)75-14-19-102-24-29-107-34-37-110-40-43-113-46-49-116-72-69(88)66(85)63(82)58(122-72)53-119-125(95,96)97/h56-58,61-72,80-88H,2-53H2,1H3,(H,74,78)(H,75,79)(H2,89,90,91)(H2,92,93,94)(H2,95,96,97). The second kappa shape index (κ2) is 71.0. The van der Waals surface area contributed by atoms with Crippen molar-refractivity contribution in [1.82, 2.24) is 10.6 Å². The summed E-state index contributed by atoms with van der Waals surface area (Å²) >= 11 is 0. The molecule has 3 fully saturated rings. The van der Waals surface area contributed by atoms with Crippen molar-refractivity contribution in [3.8, 4) is 0 Å². The van der Waals surface area contributed by atoms with Crippen molar-refractivity contribution in [1.29, 1.82) is 0 Å². The number of hydrogen-bond donors (Lipinski definition) is 17. The number of ether oxygens (including phenoxy) is 22. The second-order valence-electron chi connectivity index (χ2n) is 28.5. The molecule has 125 heavy (non-hydrogen) atoms. The van der Waals surface area contributed by atoms with Crippen LogP contribution in [0.2, 0.25) is 0 Å². The molecule has 15 atom stereocenters. The number of Topliss-reactive ketones (excluding diaryl/α,β-unsaturated/α-hetero) is 2. The van der Waals surface area contributed by atoms with Crippen LogP contribution in [-0.2, 0) is 151 Å². The monoisotopic (exact) mass is 1890 g/mol. The Hall–Kier alpha value is -2.63. The van der Waals surface area contributed by atoms with Gasteiger partial charge in [-0.2, -0.15) is 0 Å². The number of aliphatic hydroxyl groups is 9. The molecule has 0 bridgehead atoms. The lowest BCUT2D eigenvalue weighted by atomic mass is 9.71. The summed E-state index contributed by atoms with van der Waals surface area (Å²) in [7, 11) is -14.7. The van der Waals surface area contributed by atoms with E-state index in [9.17, 15) is 78.8 Å². The SMILES string of the molecule is CCCCOCCOCCOCCOCCC(=O)CC(CCC(=O)CCCOCCOCCOCCOCCOC1OC(COP(=O)(O)O)C(O)C(O)C1O)(CCC(=O)NCCOCCOCCOCCOCCOC1OC(COP(=O)(O)O)C(O)C(O)C1O)CCC(=O)NCCOCCOCCOCCOCCOC1OC(COP(=O)(O)O)C(O)C(O)C1O. The van der Waals surface area contributed by atoms with Gasteiger partial charge in [0.2, 0.25) is 11.8 Å². The molecule has 3 aliphatic heterocycles. The van der Waals surface area contributed by atoms with E-state index < -0.39 is 141 Å². The van der Waals surface area contributed by atoms with Crippen LogP contribution < -0.4 is 10.6 Å². The fraction of sp³-hybridized carbons (Fsp3) is 0.945. The molecule has 0 aliphatic carbocycles. The number of hydrogen-bond acceptors (Lipinski definition) is 41. The van der Waals surface area contributed by atoms with E-state index in [1.54, 1.807) is 0 Å². The number of unbranched alkanes of at least 4 members (excludes halogenated alkanes) is 1. The van der Waals surface area contributed by atoms with Gasteiger partial charge in [-0.1, -0.05) is 13.3 Å². The van der Waals surface area contributed by atoms with E-state index in [1.807, 2.05) is 0 Å². The summed E-state index contributed by atoms with van der Waals surface area (Å²) in [5.74, 6) is -1.04. The molecule has 2 amide bonds. The minimum atomic E-state index is -4.91. The molecule has 0 aromatic carbocycles. The Labute approximate surface area is 726 Å². The maximum Gasteiger partial charge on any atom is 0.469 e. The zero-order chi connectivity index (χ0) is 91.8. The summed E-state index contributed by atoms with van der Waals surface area (Å²) in [6.07, 6.45) is -21.1. The van der Waals surface area contributed by atoms with Crippen LogP contribution >= 0.6 is 23.5 Å². The fourth-order valence-corrected chi connectivity index (χ4v) is 12.8. The van der Waals surface area contributed by atoms with Gasteiger partial charge in [0.05, 0.1) is 238 Å². The maximum absolute atomic E-state index is 14.0. The molecule has 0 aromatic heterocycles. The van der Waals surface area contributed by atoms with Crippen LogP contribution in [0.15, 0.2) is 0 Å². The minimum Gasteiger partial charge on any atom is -0.387 e. The molecule has 49 nitrogen and oxygen atoms in total. The highest BCUT2D eigenvalue weighted by molar-refractivity contribution is 7.46. The molecule has 15 unspecified atom stereocenters. The first-order chi connectivity index (χ1) is 59.9. The van der Waals surface area contributed by atoms with Gasteiger partial charge in [0.25, 0.3) is 0 Å². The largest absolute Gasteiger partial charge is 0.469 e. The number of amides is 2. The minimum absolute atomic E-state index is 0.00298.